The Morgan fingerprint density at radius 3 is 2.67 bits per heavy atom. The van der Waals surface area contributed by atoms with Gasteiger partial charge in [0, 0.05) is 6.21 Å². The van der Waals surface area contributed by atoms with Crippen LogP contribution in [0.4, 0.5) is 0 Å². The van der Waals surface area contributed by atoms with E-state index in [0.717, 1.165) is 5.47 Å². The summed E-state index contributed by atoms with van der Waals surface area (Å²) in [7, 11) is 5.64. The van der Waals surface area contributed by atoms with Crippen molar-refractivity contribution in [3.05, 3.63) is 11.5 Å². The monoisotopic (exact) mass is 119 g/mol. The lowest BCUT2D eigenvalue weighted by Crippen LogP contribution is -2.17. The number of nitrogens with zero attached hydrogens (tertiary/aromatic N) is 1. The average molecular weight is 119 g/mol. The van der Waals surface area contributed by atoms with Gasteiger partial charge in [-0.05, 0) is 12.8 Å². The van der Waals surface area contributed by atoms with Gasteiger partial charge in [-0.1, -0.05) is 13.0 Å². The van der Waals surface area contributed by atoms with Crippen LogP contribution in [0.5, 0.6) is 0 Å². The van der Waals surface area contributed by atoms with Crippen LogP contribution in [0, 0.1) is 5.92 Å². The maximum atomic E-state index is 5.64. The lowest BCUT2D eigenvalue weighted by molar-refractivity contribution is 0.572. The van der Waals surface area contributed by atoms with Crippen molar-refractivity contribution in [2.75, 3.05) is 0 Å². The molecular weight excluding hydrogens is 109 g/mol. The smallest absolute Gasteiger partial charge is 0.108 e. The van der Waals surface area contributed by atoms with Gasteiger partial charge in [-0.25, -0.2) is 0 Å². The van der Waals surface area contributed by atoms with E-state index in [0.29, 0.717) is 12.0 Å². The summed E-state index contributed by atoms with van der Waals surface area (Å²) in [6.45, 7) is 4.16. The van der Waals surface area contributed by atoms with Crippen LogP contribution in [0.1, 0.15) is 13.8 Å². The second-order valence-electron chi connectivity index (χ2n) is 2.49. The van der Waals surface area contributed by atoms with Crippen molar-refractivity contribution in [2.45, 2.75) is 19.9 Å². The van der Waals surface area contributed by atoms with Gasteiger partial charge in [-0.15, -0.1) is 5.47 Å². The number of hydrogen-bond donors (Lipinski definition) is 0. The SMILES string of the molecule is [B]C1=CC=NC(C)C1C. The fourth-order valence-corrected chi connectivity index (χ4v) is 0.824. The van der Waals surface area contributed by atoms with E-state index in [2.05, 4.69) is 18.8 Å². The summed E-state index contributed by atoms with van der Waals surface area (Å²) in [5, 5.41) is 0. The predicted octanol–water partition coefficient (Wildman–Crippen LogP) is 1.15. The van der Waals surface area contributed by atoms with Crippen molar-refractivity contribution in [3.63, 3.8) is 0 Å². The molecule has 1 aliphatic heterocycles. The summed E-state index contributed by atoms with van der Waals surface area (Å²) in [6.07, 6.45) is 3.64. The molecule has 2 unspecified atom stereocenters. The minimum absolute atomic E-state index is 0.356. The third-order valence-corrected chi connectivity index (χ3v) is 1.84. The van der Waals surface area contributed by atoms with Crippen LogP contribution in [-0.2, 0) is 0 Å². The molecule has 0 aromatic carbocycles. The van der Waals surface area contributed by atoms with Crippen molar-refractivity contribution in [1.29, 1.82) is 0 Å². The summed E-state index contributed by atoms with van der Waals surface area (Å²) in [4.78, 5) is 4.18. The number of rotatable bonds is 0. The zero-order chi connectivity index (χ0) is 6.85. The fourth-order valence-electron chi connectivity index (χ4n) is 0.824. The van der Waals surface area contributed by atoms with Gasteiger partial charge in [0.2, 0.25) is 0 Å². The molecule has 46 valence electrons. The molecule has 9 heavy (non-hydrogen) atoms. The third kappa shape index (κ3) is 1.23. The highest BCUT2D eigenvalue weighted by Crippen LogP contribution is 2.16. The minimum Gasteiger partial charge on any atom is -0.290 e. The highest BCUT2D eigenvalue weighted by molar-refractivity contribution is 6.23. The van der Waals surface area contributed by atoms with Crippen LogP contribution in [-0.4, -0.2) is 20.1 Å². The molecule has 0 bridgehead atoms. The highest BCUT2D eigenvalue weighted by atomic mass is 14.8. The molecule has 0 aromatic rings. The van der Waals surface area contributed by atoms with Gasteiger partial charge in [-0.2, -0.15) is 0 Å². The van der Waals surface area contributed by atoms with Crippen LogP contribution in [0.3, 0.4) is 0 Å². The van der Waals surface area contributed by atoms with Crippen molar-refractivity contribution < 1.29 is 0 Å². The highest BCUT2D eigenvalue weighted by Gasteiger charge is 2.12. The minimum atomic E-state index is 0.356. The number of aliphatic imine (C=N–C) groups is 1. The first-order chi connectivity index (χ1) is 4.22. The molecule has 1 aliphatic rings. The van der Waals surface area contributed by atoms with Crippen molar-refractivity contribution >= 4 is 14.1 Å². The molecule has 2 heteroatoms. The van der Waals surface area contributed by atoms with E-state index in [1.165, 1.54) is 0 Å². The van der Waals surface area contributed by atoms with Crippen LogP contribution < -0.4 is 0 Å². The normalized spacial score (nSPS) is 34.2. The molecule has 1 rings (SSSR count). The topological polar surface area (TPSA) is 12.4 Å². The zero-order valence-electron chi connectivity index (χ0n) is 5.83. The lowest BCUT2D eigenvalue weighted by Gasteiger charge is -2.19. The van der Waals surface area contributed by atoms with Gasteiger partial charge in [0.1, 0.15) is 7.85 Å². The Balaban J connectivity index is 2.73. The molecule has 0 aromatic heterocycles. The zero-order valence-corrected chi connectivity index (χ0v) is 5.83. The molecule has 0 amide bonds. The molecule has 0 aliphatic carbocycles. The van der Waals surface area contributed by atoms with Crippen molar-refractivity contribution in [2.24, 2.45) is 10.9 Å². The molecule has 0 spiro atoms. The van der Waals surface area contributed by atoms with Gasteiger partial charge in [-0.3, -0.25) is 4.99 Å². The second-order valence-corrected chi connectivity index (χ2v) is 2.49. The van der Waals surface area contributed by atoms with Gasteiger partial charge >= 0.3 is 0 Å². The predicted molar refractivity (Wildman–Crippen MR) is 41.0 cm³/mol. The molecule has 0 saturated heterocycles. The van der Waals surface area contributed by atoms with E-state index < -0.39 is 0 Å². The van der Waals surface area contributed by atoms with E-state index in [9.17, 15) is 0 Å². The Morgan fingerprint density at radius 2 is 2.22 bits per heavy atom. The van der Waals surface area contributed by atoms with Crippen LogP contribution in [0.2, 0.25) is 0 Å². The summed E-state index contributed by atoms with van der Waals surface area (Å²) >= 11 is 0. The largest absolute Gasteiger partial charge is 0.290 e. The molecule has 2 atom stereocenters. The van der Waals surface area contributed by atoms with E-state index in [1.54, 1.807) is 6.21 Å². The Morgan fingerprint density at radius 1 is 1.56 bits per heavy atom. The Bertz CT molecular complexity index is 160. The standard InChI is InChI=1S/C7H10BN/c1-5-6(2)9-4-3-7(5)8/h3-6H,1-2H3. The summed E-state index contributed by atoms with van der Waals surface area (Å²) in [5.74, 6) is 0.412. The van der Waals surface area contributed by atoms with Crippen LogP contribution in [0.15, 0.2) is 16.5 Å². The molecule has 0 saturated carbocycles. The third-order valence-electron chi connectivity index (χ3n) is 1.84. The van der Waals surface area contributed by atoms with Gasteiger partial charge in [0.15, 0.2) is 0 Å². The number of hydrogen-bond acceptors (Lipinski definition) is 1. The second kappa shape index (κ2) is 2.38. The summed E-state index contributed by atoms with van der Waals surface area (Å²) < 4.78 is 0. The Labute approximate surface area is 57.3 Å². The van der Waals surface area contributed by atoms with Crippen LogP contribution >= 0.6 is 0 Å². The van der Waals surface area contributed by atoms with Gasteiger partial charge < -0.3 is 0 Å². The van der Waals surface area contributed by atoms with Crippen molar-refractivity contribution in [1.82, 2.24) is 0 Å². The first-order valence-electron chi connectivity index (χ1n) is 3.20. The maximum absolute atomic E-state index is 5.64. The average Bonchev–Trinajstić information content (AvgIpc) is 1.83. The summed E-state index contributed by atoms with van der Waals surface area (Å²) in [5.41, 5.74) is 0.942. The first-order valence-corrected chi connectivity index (χ1v) is 3.20. The molecule has 2 radical (unpaired) electrons. The Kier molecular flexibility index (Phi) is 1.74. The maximum Gasteiger partial charge on any atom is 0.108 e. The van der Waals surface area contributed by atoms with E-state index in [1.807, 2.05) is 6.08 Å². The van der Waals surface area contributed by atoms with Crippen molar-refractivity contribution in [3.8, 4) is 0 Å². The lowest BCUT2D eigenvalue weighted by atomic mass is 9.80. The van der Waals surface area contributed by atoms with Gasteiger partial charge in [0.05, 0.1) is 6.04 Å². The summed E-state index contributed by atoms with van der Waals surface area (Å²) in [6, 6.07) is 0.356. The number of dihydropyridines is 1. The molecule has 1 nitrogen and oxygen atoms in total. The van der Waals surface area contributed by atoms with Crippen LogP contribution in [0.25, 0.3) is 0 Å². The quantitative estimate of drug-likeness (QED) is 0.424. The fraction of sp³-hybridized carbons (Fsp3) is 0.571. The van der Waals surface area contributed by atoms with Gasteiger partial charge in [0.25, 0.3) is 0 Å². The van der Waals surface area contributed by atoms with E-state index >= 15 is 0 Å². The van der Waals surface area contributed by atoms with E-state index in [4.69, 9.17) is 7.85 Å². The number of allylic oxidation sites excluding steroid dienone is 1. The molecule has 0 N–H and O–H groups in total. The molecular formula is C7H10BN. The van der Waals surface area contributed by atoms with E-state index in [-0.39, 0.29) is 0 Å². The Hall–Kier alpha value is -0.525. The molecule has 0 fully saturated rings. The first kappa shape index (κ1) is 6.59. The molecule has 1 heterocycles.